The van der Waals surface area contributed by atoms with Gasteiger partial charge in [0.25, 0.3) is 19.7 Å². The SMILES string of the molecule is CS(=O)(=O)c1cc(S(=O)(=O)C(F)(F)F)c2ccc(C(=O)O)cc2c1.CS(=O)(=O)c1cc(S(=O)(=O)C(F)(F)F)c2ccc(O)cc2c1.CS(=O)(=O)c1ccc(CC(=O)O)cn1.CS(=O)(=O)c1ccc(OCC(=O)O)cn1. The van der Waals surface area contributed by atoms with Crippen molar-refractivity contribution in [1.29, 1.82) is 0 Å². The average Bonchev–Trinajstić information content (AvgIpc) is 3.26. The van der Waals surface area contributed by atoms with Crippen LogP contribution >= 0.6 is 0 Å². The average molecular weight is 1180 g/mol. The molecule has 34 heteroatoms. The number of hydrogen-bond acceptors (Lipinski definition) is 19. The highest BCUT2D eigenvalue weighted by Gasteiger charge is 2.49. The van der Waals surface area contributed by atoms with Gasteiger partial charge >= 0.3 is 28.9 Å². The number of aromatic nitrogens is 2. The van der Waals surface area contributed by atoms with Gasteiger partial charge in [-0.2, -0.15) is 26.3 Å². The predicted octanol–water partition coefficient (Wildman–Crippen LogP) is 4.54. The third-order valence-corrected chi connectivity index (χ3v) is 16.3. The molecule has 22 nitrogen and oxygen atoms in total. The van der Waals surface area contributed by atoms with Crippen molar-refractivity contribution in [1.82, 2.24) is 9.97 Å². The second-order valence-corrected chi connectivity index (χ2v) is 26.8. The van der Waals surface area contributed by atoms with Gasteiger partial charge in [0, 0.05) is 42.0 Å². The zero-order valence-electron chi connectivity index (χ0n) is 38.1. The summed E-state index contributed by atoms with van der Waals surface area (Å²) in [7, 11) is -26.2. The number of hydrogen-bond donors (Lipinski definition) is 4. The number of carboxylic acid groups (broad SMARTS) is 3. The number of halogens is 6. The lowest BCUT2D eigenvalue weighted by atomic mass is 10.1. The minimum atomic E-state index is -5.83. The highest BCUT2D eigenvalue weighted by molar-refractivity contribution is 7.93. The highest BCUT2D eigenvalue weighted by Crippen LogP contribution is 2.38. The molecule has 0 aliphatic rings. The molecule has 75 heavy (non-hydrogen) atoms. The smallest absolute Gasteiger partial charge is 0.501 e. The molecule has 0 bridgehead atoms. The molecule has 6 aromatic rings. The summed E-state index contributed by atoms with van der Waals surface area (Å²) in [5, 5.41) is 33.8. The summed E-state index contributed by atoms with van der Waals surface area (Å²) in [6.45, 7) is -0.486. The van der Waals surface area contributed by atoms with E-state index in [1.165, 1.54) is 36.7 Å². The third-order valence-electron chi connectivity index (χ3n) is 9.04. The minimum absolute atomic E-state index is 0.0494. The van der Waals surface area contributed by atoms with Crippen LogP contribution in [0.3, 0.4) is 0 Å². The van der Waals surface area contributed by atoms with E-state index in [1.54, 1.807) is 0 Å². The second-order valence-electron chi connectivity index (χ2n) is 15.1. The Hall–Kier alpha value is -7.01. The van der Waals surface area contributed by atoms with E-state index in [-0.39, 0.29) is 49.7 Å². The van der Waals surface area contributed by atoms with Crippen LogP contribution in [0.1, 0.15) is 15.9 Å². The zero-order chi connectivity index (χ0) is 57.7. The summed E-state index contributed by atoms with van der Waals surface area (Å²) in [6.07, 6.45) is 5.78. The van der Waals surface area contributed by atoms with Gasteiger partial charge in [-0.15, -0.1) is 0 Å². The van der Waals surface area contributed by atoms with Crippen molar-refractivity contribution < 1.29 is 116 Å². The molecule has 0 aliphatic heterocycles. The number of aliphatic carboxylic acids is 2. The molecule has 0 atom stereocenters. The molecule has 2 heterocycles. The number of phenols is 1. The summed E-state index contributed by atoms with van der Waals surface area (Å²) in [4.78, 5) is 35.0. The molecule has 0 fully saturated rings. The Bertz CT molecular complexity index is 3890. The van der Waals surface area contributed by atoms with Gasteiger partial charge in [0.15, 0.2) is 56.0 Å². The first kappa shape index (κ1) is 62.3. The van der Waals surface area contributed by atoms with Crippen LogP contribution in [-0.4, -0.2) is 141 Å². The van der Waals surface area contributed by atoms with Crippen molar-refractivity contribution >= 4 is 98.5 Å². The molecule has 0 aliphatic carbocycles. The molecule has 4 N–H and O–H groups in total. The number of aromatic hydroxyl groups is 1. The molecule has 0 saturated carbocycles. The van der Waals surface area contributed by atoms with Crippen molar-refractivity contribution in [2.45, 2.75) is 47.1 Å². The standard InChI is InChI=1S/C13H9F3O6S2.C12H9F3O5S2.C8H9NO5S.C8H9NO4S/c1-23(19,20)9-5-8-4-7(12(17)18)2-3-10(8)11(6-9)24(21,22)13(14,15)16;1-21(17,18)9-5-7-4-8(16)2-3-10(7)11(6-9)22(19,20)12(13,14)15;1-15(12,13)7-3-2-6(4-9-7)14-5-8(10)11;1-14(12,13)7-3-2-6(5-9-7)4-8(10)11/h2-6H,1H3,(H,17,18);2-6,16H,1H3;2-4H,5H2,1H3,(H,10,11);2-3,5H,4H2,1H3,(H,10,11). The van der Waals surface area contributed by atoms with E-state index in [2.05, 4.69) is 9.97 Å². The van der Waals surface area contributed by atoms with Crippen molar-refractivity contribution in [3.8, 4) is 11.5 Å². The van der Waals surface area contributed by atoms with E-state index in [9.17, 15) is 96.3 Å². The van der Waals surface area contributed by atoms with Crippen LogP contribution < -0.4 is 4.74 Å². The fraction of sp³-hybridized carbons (Fsp3) is 0.195. The van der Waals surface area contributed by atoms with Crippen LogP contribution in [0.5, 0.6) is 11.5 Å². The number of alkyl halides is 6. The van der Waals surface area contributed by atoms with Gasteiger partial charge in [0.05, 0.1) is 37.8 Å². The maximum absolute atomic E-state index is 12.9. The number of sulfone groups is 6. The van der Waals surface area contributed by atoms with Gasteiger partial charge < -0.3 is 25.2 Å². The summed E-state index contributed by atoms with van der Waals surface area (Å²) in [6, 6.07) is 13.9. The minimum Gasteiger partial charge on any atom is -0.508 e. The van der Waals surface area contributed by atoms with Crippen LogP contribution in [0.2, 0.25) is 0 Å². The number of benzene rings is 4. The molecule has 0 spiro atoms. The molecule has 2 aromatic heterocycles. The first-order valence-corrected chi connectivity index (χ1v) is 29.9. The quantitative estimate of drug-likeness (QED) is 0.122. The lowest BCUT2D eigenvalue weighted by molar-refractivity contribution is -0.139. The van der Waals surface area contributed by atoms with E-state index in [1.807, 2.05) is 0 Å². The number of pyridine rings is 2. The predicted molar refractivity (Wildman–Crippen MR) is 248 cm³/mol. The molecular formula is C41H36F6N2O20S6. The van der Waals surface area contributed by atoms with Crippen molar-refractivity contribution in [2.24, 2.45) is 0 Å². The van der Waals surface area contributed by atoms with Gasteiger partial charge in [0.1, 0.15) is 11.5 Å². The number of fused-ring (bicyclic) bond motifs is 2. The Morgan fingerprint density at radius 2 is 0.947 bits per heavy atom. The summed E-state index contributed by atoms with van der Waals surface area (Å²) < 4.78 is 219. The topological polar surface area (TPSA) is 372 Å². The highest BCUT2D eigenvalue weighted by atomic mass is 32.2. The first-order chi connectivity index (χ1) is 33.9. The number of ether oxygens (including phenoxy) is 1. The van der Waals surface area contributed by atoms with Crippen molar-refractivity contribution in [2.75, 3.05) is 31.6 Å². The number of carboxylic acids is 3. The summed E-state index contributed by atoms with van der Waals surface area (Å²) >= 11 is 0. The largest absolute Gasteiger partial charge is 0.508 e. The molecule has 0 saturated heterocycles. The van der Waals surface area contributed by atoms with Crippen LogP contribution in [0.15, 0.2) is 127 Å². The Labute approximate surface area is 421 Å². The van der Waals surface area contributed by atoms with Gasteiger partial charge in [-0.05, 0) is 89.1 Å². The molecular weight excluding hydrogens is 1150 g/mol. The Morgan fingerprint density at radius 3 is 1.29 bits per heavy atom. The number of rotatable bonds is 12. The summed E-state index contributed by atoms with van der Waals surface area (Å²) in [5.74, 6) is -3.61. The van der Waals surface area contributed by atoms with Gasteiger partial charge in [-0.3, -0.25) is 4.79 Å². The van der Waals surface area contributed by atoms with Crippen molar-refractivity contribution in [3.05, 3.63) is 108 Å². The number of nitrogens with zero attached hydrogens (tertiary/aromatic N) is 2. The van der Waals surface area contributed by atoms with Gasteiger partial charge in [0.2, 0.25) is 0 Å². The Balaban J connectivity index is 0.000000270. The lowest BCUT2D eigenvalue weighted by Crippen LogP contribution is -2.23. The molecule has 0 amide bonds. The van der Waals surface area contributed by atoms with E-state index >= 15 is 0 Å². The lowest BCUT2D eigenvalue weighted by Gasteiger charge is -2.13. The number of aromatic carboxylic acids is 1. The fourth-order valence-corrected chi connectivity index (χ4v) is 10.2. The van der Waals surface area contributed by atoms with Gasteiger partial charge in [-0.1, -0.05) is 12.1 Å². The van der Waals surface area contributed by atoms with Crippen LogP contribution in [0.25, 0.3) is 21.5 Å². The van der Waals surface area contributed by atoms with Crippen LogP contribution in [0.4, 0.5) is 26.3 Å². The number of carbonyl (C=O) groups is 3. The fourth-order valence-electron chi connectivity index (χ4n) is 5.59. The molecule has 408 valence electrons. The maximum Gasteiger partial charge on any atom is 0.501 e. The Morgan fingerprint density at radius 1 is 0.520 bits per heavy atom. The van der Waals surface area contributed by atoms with E-state index in [0.29, 0.717) is 24.0 Å². The third kappa shape index (κ3) is 16.7. The first-order valence-electron chi connectivity index (χ1n) is 19.4. The van der Waals surface area contributed by atoms with Crippen molar-refractivity contribution in [3.63, 3.8) is 0 Å². The maximum atomic E-state index is 12.9. The van der Waals surface area contributed by atoms with E-state index < -0.39 is 120 Å². The van der Waals surface area contributed by atoms with Gasteiger partial charge in [-0.25, -0.2) is 70.1 Å². The Kier molecular flexibility index (Phi) is 19.0. The molecule has 4 aromatic carbocycles. The van der Waals surface area contributed by atoms with E-state index in [4.69, 9.17) is 20.1 Å². The normalized spacial score (nSPS) is 12.5. The molecule has 0 radical (unpaired) electrons. The number of phenolic OH excluding ortho intramolecular Hbond substituents is 1. The summed E-state index contributed by atoms with van der Waals surface area (Å²) in [5.41, 5.74) is -11.1. The second kappa shape index (κ2) is 22.9. The van der Waals surface area contributed by atoms with Crippen LogP contribution in [0, 0.1) is 0 Å². The zero-order valence-corrected chi connectivity index (χ0v) is 43.0. The van der Waals surface area contributed by atoms with Crippen LogP contribution in [-0.2, 0) is 75.0 Å². The molecule has 0 unspecified atom stereocenters. The monoisotopic (exact) mass is 1180 g/mol. The molecule has 6 rings (SSSR count). The van der Waals surface area contributed by atoms with E-state index in [0.717, 1.165) is 67.3 Å².